The standard InChI is InChI=1S/C50H64Br2/c1-3-5-7-9-11-13-15-17-19-21-23-39-25-29-41(30-26-39)49-47-37-43(51)33-35-45(47)46-36-34-44(52)38-48(46)50(49)42-31-27-40(28-32-42)24-22-20-18-16-14-12-10-8-6-4-2/h25-38H,3-24H2,1-2H3. The van der Waals surface area contributed by atoms with Crippen molar-refractivity contribution in [3.8, 4) is 22.3 Å². The van der Waals surface area contributed by atoms with Crippen molar-refractivity contribution < 1.29 is 0 Å². The molecule has 0 heterocycles. The van der Waals surface area contributed by atoms with Gasteiger partial charge in [-0.05, 0) is 105 Å². The maximum Gasteiger partial charge on any atom is 0.0181 e. The van der Waals surface area contributed by atoms with E-state index in [4.69, 9.17) is 0 Å². The smallest absolute Gasteiger partial charge is 0.0181 e. The molecule has 52 heavy (non-hydrogen) atoms. The third kappa shape index (κ3) is 12.3. The highest BCUT2D eigenvalue weighted by molar-refractivity contribution is 9.10. The summed E-state index contributed by atoms with van der Waals surface area (Å²) >= 11 is 7.66. The van der Waals surface area contributed by atoms with Gasteiger partial charge in [-0.1, -0.05) is 222 Å². The van der Waals surface area contributed by atoms with Crippen LogP contribution >= 0.6 is 31.9 Å². The average Bonchev–Trinajstić information content (AvgIpc) is 3.16. The molecule has 0 radical (unpaired) electrons. The van der Waals surface area contributed by atoms with Gasteiger partial charge in [-0.3, -0.25) is 0 Å². The van der Waals surface area contributed by atoms with Crippen LogP contribution in [-0.2, 0) is 12.8 Å². The van der Waals surface area contributed by atoms with Crippen LogP contribution in [-0.4, -0.2) is 0 Å². The maximum absolute atomic E-state index is 3.83. The molecular formula is C50H64Br2. The molecule has 0 aliphatic rings. The Morgan fingerprint density at radius 1 is 0.327 bits per heavy atom. The highest BCUT2D eigenvalue weighted by Crippen LogP contribution is 2.46. The van der Waals surface area contributed by atoms with E-state index in [0.717, 1.165) is 8.95 Å². The van der Waals surface area contributed by atoms with Crippen molar-refractivity contribution in [2.45, 2.75) is 155 Å². The lowest BCUT2D eigenvalue weighted by Crippen LogP contribution is -1.94. The van der Waals surface area contributed by atoms with Crippen LogP contribution in [0.25, 0.3) is 43.8 Å². The number of benzene rings is 5. The largest absolute Gasteiger partial charge is 0.0654 e. The summed E-state index contributed by atoms with van der Waals surface area (Å²) in [5.74, 6) is 0. The zero-order valence-electron chi connectivity index (χ0n) is 32.4. The fourth-order valence-electron chi connectivity index (χ4n) is 8.09. The van der Waals surface area contributed by atoms with Gasteiger partial charge in [0.15, 0.2) is 0 Å². The molecule has 0 N–H and O–H groups in total. The Labute approximate surface area is 333 Å². The van der Waals surface area contributed by atoms with Gasteiger partial charge in [0.1, 0.15) is 0 Å². The van der Waals surface area contributed by atoms with E-state index in [2.05, 4.69) is 131 Å². The highest BCUT2D eigenvalue weighted by atomic mass is 79.9. The summed E-state index contributed by atoms with van der Waals surface area (Å²) in [6, 6.07) is 32.7. The number of fused-ring (bicyclic) bond motifs is 3. The minimum atomic E-state index is 1.12. The number of aryl methyl sites for hydroxylation is 2. The van der Waals surface area contributed by atoms with Crippen LogP contribution in [0.2, 0.25) is 0 Å². The number of unbranched alkanes of at least 4 members (excludes halogenated alkanes) is 18. The number of hydrogen-bond acceptors (Lipinski definition) is 0. The van der Waals surface area contributed by atoms with E-state index in [1.54, 1.807) is 0 Å². The summed E-state index contributed by atoms with van der Waals surface area (Å²) in [7, 11) is 0. The zero-order chi connectivity index (χ0) is 36.4. The van der Waals surface area contributed by atoms with E-state index < -0.39 is 0 Å². The van der Waals surface area contributed by atoms with E-state index >= 15 is 0 Å². The minimum absolute atomic E-state index is 1.12. The first-order valence-corrected chi connectivity index (χ1v) is 22.7. The first-order chi connectivity index (χ1) is 25.6. The fourth-order valence-corrected chi connectivity index (χ4v) is 8.82. The van der Waals surface area contributed by atoms with E-state index in [9.17, 15) is 0 Å². The molecule has 278 valence electrons. The molecule has 0 saturated heterocycles. The van der Waals surface area contributed by atoms with Gasteiger partial charge in [-0.25, -0.2) is 0 Å². The normalized spacial score (nSPS) is 11.6. The van der Waals surface area contributed by atoms with Crippen LogP contribution < -0.4 is 0 Å². The second kappa shape index (κ2) is 22.7. The minimum Gasteiger partial charge on any atom is -0.0654 e. The molecule has 0 aliphatic carbocycles. The van der Waals surface area contributed by atoms with Crippen LogP contribution in [0.1, 0.15) is 153 Å². The Morgan fingerprint density at radius 3 is 0.962 bits per heavy atom. The summed E-state index contributed by atoms with van der Waals surface area (Å²) in [5, 5.41) is 5.21. The molecule has 0 unspecified atom stereocenters. The van der Waals surface area contributed by atoms with Crippen molar-refractivity contribution in [2.24, 2.45) is 0 Å². The molecule has 0 amide bonds. The van der Waals surface area contributed by atoms with E-state index in [-0.39, 0.29) is 0 Å². The molecule has 0 spiro atoms. The van der Waals surface area contributed by atoms with Crippen molar-refractivity contribution in [1.29, 1.82) is 0 Å². The summed E-state index contributed by atoms with van der Waals surface area (Å²) in [5.41, 5.74) is 8.15. The van der Waals surface area contributed by atoms with Crippen molar-refractivity contribution in [1.82, 2.24) is 0 Å². The van der Waals surface area contributed by atoms with Gasteiger partial charge >= 0.3 is 0 Å². The summed E-state index contributed by atoms with van der Waals surface area (Å²) in [6.07, 6.45) is 30.0. The lowest BCUT2D eigenvalue weighted by atomic mass is 9.84. The molecule has 0 aliphatic heterocycles. The fraction of sp³-hybridized carbons (Fsp3) is 0.480. The molecule has 0 nitrogen and oxygen atoms in total. The van der Waals surface area contributed by atoms with Crippen LogP contribution in [0, 0.1) is 0 Å². The first-order valence-electron chi connectivity index (χ1n) is 21.1. The third-order valence-electron chi connectivity index (χ3n) is 11.2. The van der Waals surface area contributed by atoms with Gasteiger partial charge in [-0.15, -0.1) is 0 Å². The zero-order valence-corrected chi connectivity index (χ0v) is 35.6. The van der Waals surface area contributed by atoms with Gasteiger partial charge in [-0.2, -0.15) is 0 Å². The lowest BCUT2D eigenvalue weighted by molar-refractivity contribution is 0.556. The number of halogens is 2. The second-order valence-electron chi connectivity index (χ2n) is 15.4. The quantitative estimate of drug-likeness (QED) is 0.0430. The molecular weight excluding hydrogens is 760 g/mol. The van der Waals surface area contributed by atoms with Gasteiger partial charge in [0, 0.05) is 8.95 Å². The van der Waals surface area contributed by atoms with Crippen LogP contribution in [0.4, 0.5) is 0 Å². The lowest BCUT2D eigenvalue weighted by Gasteiger charge is -2.19. The Hall–Kier alpha value is -2.42. The molecule has 0 atom stereocenters. The van der Waals surface area contributed by atoms with Crippen molar-refractivity contribution in [3.63, 3.8) is 0 Å². The summed E-state index contributed by atoms with van der Waals surface area (Å²) in [4.78, 5) is 0. The van der Waals surface area contributed by atoms with Crippen LogP contribution in [0.15, 0.2) is 93.9 Å². The maximum atomic E-state index is 3.83. The predicted octanol–water partition coefficient (Wildman–Crippen LogP) is 17.8. The second-order valence-corrected chi connectivity index (χ2v) is 17.2. The Kier molecular flexibility index (Phi) is 17.8. The Balaban J connectivity index is 1.30. The third-order valence-corrected chi connectivity index (χ3v) is 12.2. The highest BCUT2D eigenvalue weighted by Gasteiger charge is 2.18. The number of hydrogen-bond donors (Lipinski definition) is 0. The SMILES string of the molecule is CCCCCCCCCCCCc1ccc(-c2c(-c3ccc(CCCCCCCCCCCC)cc3)c3cc(Br)ccc3c3ccc(Br)cc23)cc1. The van der Waals surface area contributed by atoms with E-state index in [1.165, 1.54) is 196 Å². The average molecular weight is 825 g/mol. The van der Waals surface area contributed by atoms with Gasteiger partial charge in [0.25, 0.3) is 0 Å². The van der Waals surface area contributed by atoms with E-state index in [0.29, 0.717) is 0 Å². The predicted molar refractivity (Wildman–Crippen MR) is 239 cm³/mol. The summed E-state index contributed by atoms with van der Waals surface area (Å²) < 4.78 is 2.24. The molecule has 0 fully saturated rings. The van der Waals surface area contributed by atoms with Gasteiger partial charge in [0.05, 0.1) is 0 Å². The Bertz CT molecular complexity index is 1630. The van der Waals surface area contributed by atoms with Crippen molar-refractivity contribution in [3.05, 3.63) is 105 Å². The van der Waals surface area contributed by atoms with Gasteiger partial charge in [0.2, 0.25) is 0 Å². The topological polar surface area (TPSA) is 0 Å². The molecule has 5 aromatic rings. The molecule has 2 heteroatoms. The first kappa shape index (κ1) is 40.8. The van der Waals surface area contributed by atoms with Crippen LogP contribution in [0.5, 0.6) is 0 Å². The molecule has 5 aromatic carbocycles. The molecule has 0 saturated carbocycles. The van der Waals surface area contributed by atoms with Crippen molar-refractivity contribution in [2.75, 3.05) is 0 Å². The van der Waals surface area contributed by atoms with Gasteiger partial charge < -0.3 is 0 Å². The monoisotopic (exact) mass is 822 g/mol. The molecule has 0 bridgehead atoms. The Morgan fingerprint density at radius 2 is 0.635 bits per heavy atom. The van der Waals surface area contributed by atoms with Crippen molar-refractivity contribution >= 4 is 53.4 Å². The molecule has 5 rings (SSSR count). The molecule has 0 aromatic heterocycles. The number of rotatable bonds is 24. The summed E-state index contributed by atoms with van der Waals surface area (Å²) in [6.45, 7) is 4.60. The van der Waals surface area contributed by atoms with E-state index in [1.807, 2.05) is 0 Å². The van der Waals surface area contributed by atoms with Crippen LogP contribution in [0.3, 0.4) is 0 Å².